The van der Waals surface area contributed by atoms with Crippen LogP contribution < -0.4 is 5.32 Å². The molecule has 0 aliphatic rings. The Morgan fingerprint density at radius 2 is 2.10 bits per heavy atom. The Morgan fingerprint density at radius 3 is 2.55 bits per heavy atom. The molecule has 0 aliphatic carbocycles. The molecule has 6 nitrogen and oxygen atoms in total. The van der Waals surface area contributed by atoms with Crippen molar-refractivity contribution in [3.8, 4) is 0 Å². The van der Waals surface area contributed by atoms with Gasteiger partial charge in [-0.1, -0.05) is 0 Å². The zero-order chi connectivity index (χ0) is 15.3. The summed E-state index contributed by atoms with van der Waals surface area (Å²) in [6.07, 6.45) is 1.53. The van der Waals surface area contributed by atoms with E-state index in [1.165, 1.54) is 13.8 Å². The maximum absolute atomic E-state index is 11.8. The molecule has 0 radical (unpaired) electrons. The van der Waals surface area contributed by atoms with Gasteiger partial charge in [0, 0.05) is 13.0 Å². The Morgan fingerprint density at radius 1 is 1.45 bits per heavy atom. The van der Waals surface area contributed by atoms with Crippen LogP contribution in [0.2, 0.25) is 0 Å². The first-order valence-electron chi connectivity index (χ1n) is 6.44. The van der Waals surface area contributed by atoms with E-state index in [9.17, 15) is 9.59 Å². The lowest BCUT2D eigenvalue weighted by Gasteiger charge is -2.24. The zero-order valence-electron chi connectivity index (χ0n) is 12.3. The van der Waals surface area contributed by atoms with Crippen molar-refractivity contribution in [1.29, 1.82) is 0 Å². The molecule has 1 aromatic heterocycles. The van der Waals surface area contributed by atoms with Crippen LogP contribution in [0.1, 0.15) is 32.1 Å². The second-order valence-corrected chi connectivity index (χ2v) is 5.66. The summed E-state index contributed by atoms with van der Waals surface area (Å²) in [5.74, 6) is -0.508. The lowest BCUT2D eigenvalue weighted by molar-refractivity contribution is -0.149. The van der Waals surface area contributed by atoms with Crippen molar-refractivity contribution in [3.05, 3.63) is 24.2 Å². The molecule has 0 bridgehead atoms. The van der Waals surface area contributed by atoms with E-state index in [1.54, 1.807) is 12.3 Å². The van der Waals surface area contributed by atoms with Gasteiger partial charge in [-0.15, -0.1) is 0 Å². The van der Waals surface area contributed by atoms with E-state index in [1.807, 2.05) is 25.1 Å². The summed E-state index contributed by atoms with van der Waals surface area (Å²) in [4.78, 5) is 24.8. The molecule has 2 N–H and O–H groups in total. The minimum absolute atomic E-state index is 0.0549. The smallest absolute Gasteiger partial charge is 0.309 e. The van der Waals surface area contributed by atoms with Crippen LogP contribution in [0.5, 0.6) is 0 Å². The average molecular weight is 282 g/mol. The molecule has 0 saturated heterocycles. The van der Waals surface area contributed by atoms with Crippen LogP contribution in [0.3, 0.4) is 0 Å². The summed E-state index contributed by atoms with van der Waals surface area (Å²) >= 11 is 0. The van der Waals surface area contributed by atoms with Crippen molar-refractivity contribution in [3.63, 3.8) is 0 Å². The molecule has 0 aromatic carbocycles. The molecule has 1 heterocycles. The number of nitrogens with one attached hydrogen (secondary N) is 1. The molecule has 1 unspecified atom stereocenters. The number of hydrogen-bond acceptors (Lipinski definition) is 4. The van der Waals surface area contributed by atoms with Crippen molar-refractivity contribution in [2.24, 2.45) is 5.41 Å². The SMILES string of the molecule is CN(C)C(CNC(=O)CC(C)(C)C(=O)O)c1ccco1. The molecule has 1 amide bonds. The van der Waals surface area contributed by atoms with E-state index in [0.29, 0.717) is 6.54 Å². The third-order valence-corrected chi connectivity index (χ3v) is 3.17. The van der Waals surface area contributed by atoms with Gasteiger partial charge in [0.2, 0.25) is 5.91 Å². The number of rotatable bonds is 7. The summed E-state index contributed by atoms with van der Waals surface area (Å²) in [6.45, 7) is 3.44. The fourth-order valence-electron chi connectivity index (χ4n) is 1.77. The highest BCUT2D eigenvalue weighted by molar-refractivity contribution is 5.84. The predicted molar refractivity (Wildman–Crippen MR) is 74.2 cm³/mol. The summed E-state index contributed by atoms with van der Waals surface area (Å²) in [5.41, 5.74) is -1.07. The molecule has 0 fully saturated rings. The first-order chi connectivity index (χ1) is 9.24. The van der Waals surface area contributed by atoms with E-state index in [4.69, 9.17) is 9.52 Å². The second-order valence-electron chi connectivity index (χ2n) is 5.66. The average Bonchev–Trinajstić information content (AvgIpc) is 2.81. The third-order valence-electron chi connectivity index (χ3n) is 3.17. The molecule has 1 aromatic rings. The van der Waals surface area contributed by atoms with Gasteiger partial charge in [-0.3, -0.25) is 14.5 Å². The van der Waals surface area contributed by atoms with E-state index >= 15 is 0 Å². The van der Waals surface area contributed by atoms with E-state index in [2.05, 4.69) is 5.32 Å². The summed E-state index contributed by atoms with van der Waals surface area (Å²) in [7, 11) is 3.78. The molecule has 0 aliphatic heterocycles. The zero-order valence-corrected chi connectivity index (χ0v) is 12.3. The van der Waals surface area contributed by atoms with Crippen LogP contribution in [0.4, 0.5) is 0 Å². The second kappa shape index (κ2) is 6.56. The molecule has 1 atom stereocenters. The number of nitrogens with zero attached hydrogens (tertiary/aromatic N) is 1. The predicted octanol–water partition coefficient (Wildman–Crippen LogP) is 1.50. The monoisotopic (exact) mass is 282 g/mol. The number of aliphatic carboxylic acids is 1. The van der Waals surface area contributed by atoms with Crippen LogP contribution in [0, 0.1) is 5.41 Å². The highest BCUT2D eigenvalue weighted by Crippen LogP contribution is 2.21. The van der Waals surface area contributed by atoms with Crippen molar-refractivity contribution in [2.75, 3.05) is 20.6 Å². The molecule has 20 heavy (non-hydrogen) atoms. The fraction of sp³-hybridized carbons (Fsp3) is 0.571. The number of carbonyl (C=O) groups is 2. The molecular formula is C14H22N2O4. The van der Waals surface area contributed by atoms with Gasteiger partial charge in [0.05, 0.1) is 17.7 Å². The molecule has 0 saturated carbocycles. The third kappa shape index (κ3) is 4.38. The first-order valence-corrected chi connectivity index (χ1v) is 6.44. The van der Waals surface area contributed by atoms with E-state index in [0.717, 1.165) is 5.76 Å². The molecule has 112 valence electrons. The van der Waals surface area contributed by atoms with Crippen molar-refractivity contribution < 1.29 is 19.1 Å². The first kappa shape index (κ1) is 16.2. The van der Waals surface area contributed by atoms with Gasteiger partial charge in [-0.05, 0) is 40.1 Å². The molecule has 6 heteroatoms. The topological polar surface area (TPSA) is 82.8 Å². The van der Waals surface area contributed by atoms with Crippen LogP contribution in [-0.4, -0.2) is 42.5 Å². The number of hydrogen-bond donors (Lipinski definition) is 2. The van der Waals surface area contributed by atoms with Crippen LogP contribution in [0.15, 0.2) is 22.8 Å². The maximum Gasteiger partial charge on any atom is 0.309 e. The lowest BCUT2D eigenvalue weighted by Crippen LogP contribution is -2.38. The fourth-order valence-corrected chi connectivity index (χ4v) is 1.77. The van der Waals surface area contributed by atoms with Gasteiger partial charge < -0.3 is 14.8 Å². The number of amides is 1. The van der Waals surface area contributed by atoms with Crippen molar-refractivity contribution in [2.45, 2.75) is 26.3 Å². The van der Waals surface area contributed by atoms with Crippen LogP contribution in [-0.2, 0) is 9.59 Å². The lowest BCUT2D eigenvalue weighted by atomic mass is 9.89. The van der Waals surface area contributed by atoms with Gasteiger partial charge in [0.1, 0.15) is 5.76 Å². The minimum Gasteiger partial charge on any atom is -0.481 e. The van der Waals surface area contributed by atoms with Gasteiger partial charge >= 0.3 is 5.97 Å². The van der Waals surface area contributed by atoms with E-state index < -0.39 is 11.4 Å². The number of furan rings is 1. The summed E-state index contributed by atoms with van der Waals surface area (Å²) in [5, 5.41) is 11.8. The molecule has 1 rings (SSSR count). The van der Waals surface area contributed by atoms with Crippen LogP contribution >= 0.6 is 0 Å². The number of likely N-dealkylation sites (N-methyl/N-ethyl adjacent to an activating group) is 1. The Hall–Kier alpha value is -1.82. The van der Waals surface area contributed by atoms with Crippen molar-refractivity contribution >= 4 is 11.9 Å². The quantitative estimate of drug-likeness (QED) is 0.792. The van der Waals surface area contributed by atoms with Gasteiger partial charge in [-0.2, -0.15) is 0 Å². The largest absolute Gasteiger partial charge is 0.481 e. The summed E-state index contributed by atoms with van der Waals surface area (Å²) in [6, 6.07) is 3.56. The van der Waals surface area contributed by atoms with Crippen molar-refractivity contribution in [1.82, 2.24) is 10.2 Å². The Balaban J connectivity index is 2.57. The Labute approximate surface area is 118 Å². The normalized spacial score (nSPS) is 13.2. The molecular weight excluding hydrogens is 260 g/mol. The maximum atomic E-state index is 11.8. The highest BCUT2D eigenvalue weighted by atomic mass is 16.4. The van der Waals surface area contributed by atoms with E-state index in [-0.39, 0.29) is 18.4 Å². The van der Waals surface area contributed by atoms with Crippen LogP contribution in [0.25, 0.3) is 0 Å². The number of carboxylic acids is 1. The molecule has 0 spiro atoms. The van der Waals surface area contributed by atoms with Gasteiger partial charge in [-0.25, -0.2) is 0 Å². The Bertz CT molecular complexity index is 452. The van der Waals surface area contributed by atoms with Gasteiger partial charge in [0.25, 0.3) is 0 Å². The Kier molecular flexibility index (Phi) is 5.33. The van der Waals surface area contributed by atoms with Gasteiger partial charge in [0.15, 0.2) is 0 Å². The summed E-state index contributed by atoms with van der Waals surface area (Å²) < 4.78 is 5.34. The number of carbonyl (C=O) groups excluding carboxylic acids is 1. The number of carboxylic acid groups (broad SMARTS) is 1. The minimum atomic E-state index is -1.07. The highest BCUT2D eigenvalue weighted by Gasteiger charge is 2.30. The standard InChI is InChI=1S/C14H22N2O4/c1-14(2,13(18)19)8-12(17)15-9-10(16(3)4)11-6-5-7-20-11/h5-7,10H,8-9H2,1-4H3,(H,15,17)(H,18,19).